The van der Waals surface area contributed by atoms with Crippen LogP contribution >= 0.6 is 11.3 Å². The van der Waals surface area contributed by atoms with Gasteiger partial charge in [-0.25, -0.2) is 0 Å². The first-order valence-electron chi connectivity index (χ1n) is 11.5. The first kappa shape index (κ1) is 24.6. The van der Waals surface area contributed by atoms with Gasteiger partial charge in [0.25, 0.3) is 0 Å². The van der Waals surface area contributed by atoms with Crippen molar-refractivity contribution in [2.45, 2.75) is 39.4 Å². The molecule has 2 amide bonds. The molecule has 184 valence electrons. The molecule has 2 heterocycles. The summed E-state index contributed by atoms with van der Waals surface area (Å²) in [6, 6.07) is 17.0. The van der Waals surface area contributed by atoms with Crippen molar-refractivity contribution in [3.8, 4) is 17.2 Å². The number of hydrogen-bond donors (Lipinski definition) is 0. The molecule has 0 aliphatic carbocycles. The Labute approximate surface area is 209 Å². The zero-order valence-electron chi connectivity index (χ0n) is 20.2. The van der Waals surface area contributed by atoms with Gasteiger partial charge in [0.1, 0.15) is 12.3 Å². The van der Waals surface area contributed by atoms with Gasteiger partial charge in [0, 0.05) is 17.5 Å². The zero-order valence-corrected chi connectivity index (χ0v) is 21.0. The van der Waals surface area contributed by atoms with Crippen LogP contribution < -0.4 is 14.2 Å². The highest BCUT2D eigenvalue weighted by molar-refractivity contribution is 7.09. The summed E-state index contributed by atoms with van der Waals surface area (Å²) in [5, 5.41) is 2.00. The second-order valence-electron chi connectivity index (χ2n) is 8.66. The second-order valence-corrected chi connectivity index (χ2v) is 9.69. The molecular formula is C27H30N2O5S. The molecule has 0 saturated heterocycles. The van der Waals surface area contributed by atoms with E-state index in [4.69, 9.17) is 14.2 Å². The van der Waals surface area contributed by atoms with Gasteiger partial charge in [0.2, 0.25) is 18.6 Å². The van der Waals surface area contributed by atoms with E-state index in [0.29, 0.717) is 24.6 Å². The lowest BCUT2D eigenvalue weighted by atomic mass is 10.1. The Hall–Kier alpha value is -3.52. The number of amides is 2. The van der Waals surface area contributed by atoms with Crippen LogP contribution in [-0.4, -0.2) is 48.1 Å². The number of fused-ring (bicyclic) bond motifs is 1. The predicted molar refractivity (Wildman–Crippen MR) is 135 cm³/mol. The minimum absolute atomic E-state index is 0.0165. The maximum atomic E-state index is 13.5. The molecule has 0 radical (unpaired) electrons. The van der Waals surface area contributed by atoms with Crippen molar-refractivity contribution in [2.75, 3.05) is 20.4 Å². The van der Waals surface area contributed by atoms with Crippen LogP contribution in [0.5, 0.6) is 17.2 Å². The fourth-order valence-corrected chi connectivity index (χ4v) is 4.63. The number of hydrogen-bond acceptors (Lipinski definition) is 6. The average molecular weight is 495 g/mol. The molecule has 4 rings (SSSR count). The summed E-state index contributed by atoms with van der Waals surface area (Å²) in [6.45, 7) is 4.97. The fraction of sp³-hybridized carbons (Fsp3) is 0.333. The Morgan fingerprint density at radius 2 is 1.71 bits per heavy atom. The summed E-state index contributed by atoms with van der Waals surface area (Å²) in [7, 11) is 1.61. The van der Waals surface area contributed by atoms with Crippen LogP contribution in [0.4, 0.5) is 0 Å². The molecule has 0 unspecified atom stereocenters. The molecule has 7 nitrogen and oxygen atoms in total. The van der Waals surface area contributed by atoms with Gasteiger partial charge in [0.05, 0.1) is 20.1 Å². The summed E-state index contributed by atoms with van der Waals surface area (Å²) in [4.78, 5) is 31.2. The maximum absolute atomic E-state index is 13.5. The molecule has 1 aromatic heterocycles. The molecule has 2 aromatic carbocycles. The quantitative estimate of drug-likeness (QED) is 0.415. The van der Waals surface area contributed by atoms with E-state index >= 15 is 0 Å². The van der Waals surface area contributed by atoms with Crippen molar-refractivity contribution >= 4 is 23.2 Å². The van der Waals surface area contributed by atoms with Crippen molar-refractivity contribution in [1.29, 1.82) is 0 Å². The van der Waals surface area contributed by atoms with Crippen molar-refractivity contribution in [2.24, 2.45) is 0 Å². The van der Waals surface area contributed by atoms with Crippen molar-refractivity contribution in [3.63, 3.8) is 0 Å². The van der Waals surface area contributed by atoms with Gasteiger partial charge in [-0.15, -0.1) is 11.3 Å². The standard InChI is InChI=1S/C27H30N2O5S/c1-19(2)29(26(30)14-20-6-9-22(32-3)10-7-20)17-27(31)28(16-23-5-4-12-35-23)15-21-8-11-24-25(13-21)34-18-33-24/h4-13,19H,14-18H2,1-3H3. The molecule has 0 fully saturated rings. The smallest absolute Gasteiger partial charge is 0.242 e. The van der Waals surface area contributed by atoms with E-state index in [2.05, 4.69) is 0 Å². The zero-order chi connectivity index (χ0) is 24.8. The number of carbonyl (C=O) groups excluding carboxylic acids is 2. The van der Waals surface area contributed by atoms with Crippen LogP contribution in [0.1, 0.15) is 29.9 Å². The van der Waals surface area contributed by atoms with Crippen LogP contribution in [0.2, 0.25) is 0 Å². The van der Waals surface area contributed by atoms with Gasteiger partial charge < -0.3 is 24.0 Å². The normalized spacial score (nSPS) is 12.0. The third-order valence-corrected chi connectivity index (χ3v) is 6.71. The van der Waals surface area contributed by atoms with Crippen LogP contribution in [0.25, 0.3) is 0 Å². The molecule has 0 N–H and O–H groups in total. The van der Waals surface area contributed by atoms with Gasteiger partial charge in [-0.3, -0.25) is 9.59 Å². The van der Waals surface area contributed by atoms with Crippen molar-refractivity contribution < 1.29 is 23.8 Å². The Morgan fingerprint density at radius 3 is 2.40 bits per heavy atom. The Kier molecular flexibility index (Phi) is 7.92. The number of methoxy groups -OCH3 is 1. The molecule has 35 heavy (non-hydrogen) atoms. The van der Waals surface area contributed by atoms with E-state index in [-0.39, 0.29) is 37.6 Å². The van der Waals surface area contributed by atoms with Crippen LogP contribution in [0.15, 0.2) is 60.0 Å². The topological polar surface area (TPSA) is 68.3 Å². The van der Waals surface area contributed by atoms with E-state index in [1.54, 1.807) is 28.2 Å². The number of rotatable bonds is 10. The predicted octanol–water partition coefficient (Wildman–Crippen LogP) is 4.49. The summed E-state index contributed by atoms with van der Waals surface area (Å²) < 4.78 is 16.1. The number of ether oxygens (including phenoxy) is 3. The molecule has 0 spiro atoms. The van der Waals surface area contributed by atoms with E-state index in [1.807, 2.05) is 73.8 Å². The van der Waals surface area contributed by atoms with Gasteiger partial charge in [0.15, 0.2) is 11.5 Å². The van der Waals surface area contributed by atoms with Crippen molar-refractivity contribution in [1.82, 2.24) is 9.80 Å². The third kappa shape index (κ3) is 6.33. The summed E-state index contributed by atoms with van der Waals surface area (Å²) in [5.74, 6) is 1.94. The van der Waals surface area contributed by atoms with E-state index in [1.165, 1.54) is 0 Å². The van der Waals surface area contributed by atoms with E-state index in [9.17, 15) is 9.59 Å². The minimum atomic E-state index is -0.112. The lowest BCUT2D eigenvalue weighted by Gasteiger charge is -2.30. The number of benzene rings is 2. The minimum Gasteiger partial charge on any atom is -0.497 e. The average Bonchev–Trinajstić information content (AvgIpc) is 3.54. The van der Waals surface area contributed by atoms with Crippen LogP contribution in [-0.2, 0) is 29.1 Å². The second kappa shape index (κ2) is 11.3. The first-order chi connectivity index (χ1) is 16.9. The molecule has 1 aliphatic rings. The van der Waals surface area contributed by atoms with Crippen molar-refractivity contribution in [3.05, 3.63) is 76.0 Å². The molecule has 0 saturated carbocycles. The fourth-order valence-electron chi connectivity index (χ4n) is 3.91. The lowest BCUT2D eigenvalue weighted by molar-refractivity contribution is -0.142. The number of thiophene rings is 1. The lowest BCUT2D eigenvalue weighted by Crippen LogP contribution is -2.46. The highest BCUT2D eigenvalue weighted by Crippen LogP contribution is 2.33. The van der Waals surface area contributed by atoms with Crippen LogP contribution in [0, 0.1) is 0 Å². The van der Waals surface area contributed by atoms with Crippen LogP contribution in [0.3, 0.4) is 0 Å². The highest BCUT2D eigenvalue weighted by Gasteiger charge is 2.25. The number of carbonyl (C=O) groups is 2. The SMILES string of the molecule is COc1ccc(CC(=O)N(CC(=O)N(Cc2ccc3c(c2)OCO3)Cc2cccs2)C(C)C)cc1. The molecule has 0 atom stereocenters. The number of nitrogens with zero attached hydrogens (tertiary/aromatic N) is 2. The monoisotopic (exact) mass is 494 g/mol. The Morgan fingerprint density at radius 1 is 0.971 bits per heavy atom. The Bertz CT molecular complexity index is 1140. The largest absolute Gasteiger partial charge is 0.497 e. The summed E-state index contributed by atoms with van der Waals surface area (Å²) >= 11 is 1.61. The van der Waals surface area contributed by atoms with Gasteiger partial charge in [-0.2, -0.15) is 0 Å². The van der Waals surface area contributed by atoms with Gasteiger partial charge >= 0.3 is 0 Å². The van der Waals surface area contributed by atoms with E-state index in [0.717, 1.165) is 21.8 Å². The van der Waals surface area contributed by atoms with E-state index < -0.39 is 0 Å². The van der Waals surface area contributed by atoms with Gasteiger partial charge in [-0.1, -0.05) is 24.3 Å². The highest BCUT2D eigenvalue weighted by atomic mass is 32.1. The summed E-state index contributed by atoms with van der Waals surface area (Å²) in [5.41, 5.74) is 1.82. The molecule has 3 aromatic rings. The first-order valence-corrected chi connectivity index (χ1v) is 12.4. The molecule has 8 heteroatoms. The maximum Gasteiger partial charge on any atom is 0.242 e. The molecule has 1 aliphatic heterocycles. The van der Waals surface area contributed by atoms with Gasteiger partial charge in [-0.05, 0) is 60.7 Å². The molecular weight excluding hydrogens is 464 g/mol. The molecule has 0 bridgehead atoms. The Balaban J connectivity index is 1.48. The summed E-state index contributed by atoms with van der Waals surface area (Å²) in [6.07, 6.45) is 0.225. The third-order valence-electron chi connectivity index (χ3n) is 5.85.